The molecule has 0 bridgehead atoms. The van der Waals surface area contributed by atoms with E-state index in [0.717, 1.165) is 16.9 Å². The molecular weight excluding hydrogens is 455 g/mol. The summed E-state index contributed by atoms with van der Waals surface area (Å²) in [5.41, 5.74) is 2.17. The number of benzene rings is 2. The van der Waals surface area contributed by atoms with Gasteiger partial charge in [-0.3, -0.25) is 4.79 Å². The third kappa shape index (κ3) is 6.71. The van der Waals surface area contributed by atoms with Gasteiger partial charge >= 0.3 is 0 Å². The molecule has 1 aromatic heterocycles. The minimum atomic E-state index is -0.416. The zero-order valence-corrected chi connectivity index (χ0v) is 20.4. The van der Waals surface area contributed by atoms with Crippen LogP contribution >= 0.6 is 11.8 Å². The summed E-state index contributed by atoms with van der Waals surface area (Å²) in [4.78, 5) is 17.7. The molecule has 2 aromatic carbocycles. The van der Waals surface area contributed by atoms with E-state index in [1.54, 1.807) is 30.0 Å². The Bertz CT molecular complexity index is 1060. The Labute approximate surface area is 203 Å². The second-order valence-electron chi connectivity index (χ2n) is 7.08. The second kappa shape index (κ2) is 13.0. The number of carbonyl (C=O) groups excluding carboxylic acids is 1. The third-order valence-electron chi connectivity index (χ3n) is 4.85. The van der Waals surface area contributed by atoms with E-state index in [2.05, 4.69) is 10.3 Å². The molecule has 1 aliphatic rings. The van der Waals surface area contributed by atoms with Crippen molar-refractivity contribution in [2.45, 2.75) is 32.4 Å². The average molecular weight is 485 g/mol. The van der Waals surface area contributed by atoms with Crippen LogP contribution in [0.1, 0.15) is 46.6 Å². The van der Waals surface area contributed by atoms with Crippen LogP contribution in [0.2, 0.25) is 0 Å². The minimum Gasteiger partial charge on any atom is -0.493 e. The van der Waals surface area contributed by atoms with Crippen molar-refractivity contribution in [1.29, 1.82) is 0 Å². The maximum atomic E-state index is 13.2. The smallest absolute Gasteiger partial charge is 0.274 e. The standard InChI is InChI=1S/C24H23FN2O4S.C2H6/c1-29-20-13-19(24-30-11-12-32-24)27-21(22(20)31-15-17-5-3-2-4-6-17)23(28)26-14-16-7-9-18(25)10-8-16;1-2/h2-10,13,24H,11-12,14-15H2,1H3,(H,26,28);1-2H3. The van der Waals surface area contributed by atoms with Gasteiger partial charge in [-0.1, -0.05) is 56.3 Å². The Hall–Kier alpha value is -3.10. The predicted molar refractivity (Wildman–Crippen MR) is 132 cm³/mol. The summed E-state index contributed by atoms with van der Waals surface area (Å²) >= 11 is 1.61. The summed E-state index contributed by atoms with van der Waals surface area (Å²) in [6.07, 6.45) is 0. The van der Waals surface area contributed by atoms with Gasteiger partial charge in [0, 0.05) is 18.4 Å². The minimum absolute atomic E-state index is 0.119. The molecule has 2 heterocycles. The van der Waals surface area contributed by atoms with Gasteiger partial charge in [0.1, 0.15) is 17.9 Å². The fourth-order valence-corrected chi connectivity index (χ4v) is 4.11. The first-order valence-electron chi connectivity index (χ1n) is 11.2. The van der Waals surface area contributed by atoms with Crippen molar-refractivity contribution < 1.29 is 23.4 Å². The molecule has 1 N–H and O–H groups in total. The van der Waals surface area contributed by atoms with E-state index < -0.39 is 5.91 Å². The maximum absolute atomic E-state index is 13.2. The van der Waals surface area contributed by atoms with Gasteiger partial charge in [-0.25, -0.2) is 9.37 Å². The first kappa shape index (κ1) is 25.5. The first-order valence-corrected chi connectivity index (χ1v) is 12.2. The number of thioether (sulfide) groups is 1. The van der Waals surface area contributed by atoms with Crippen molar-refractivity contribution in [3.8, 4) is 11.5 Å². The van der Waals surface area contributed by atoms with Gasteiger partial charge in [-0.2, -0.15) is 0 Å². The van der Waals surface area contributed by atoms with Gasteiger partial charge in [0.25, 0.3) is 5.91 Å². The molecule has 0 spiro atoms. The summed E-state index contributed by atoms with van der Waals surface area (Å²) in [5, 5.41) is 2.84. The first-order chi connectivity index (χ1) is 16.6. The van der Waals surface area contributed by atoms with E-state index in [-0.39, 0.29) is 35.8 Å². The Morgan fingerprint density at radius 3 is 2.53 bits per heavy atom. The van der Waals surface area contributed by atoms with E-state index in [9.17, 15) is 9.18 Å². The van der Waals surface area contributed by atoms with E-state index in [1.165, 1.54) is 19.2 Å². The van der Waals surface area contributed by atoms with Crippen molar-refractivity contribution >= 4 is 17.7 Å². The van der Waals surface area contributed by atoms with Gasteiger partial charge in [0.15, 0.2) is 17.2 Å². The lowest BCUT2D eigenvalue weighted by Gasteiger charge is -2.18. The van der Waals surface area contributed by atoms with Crippen molar-refractivity contribution in [1.82, 2.24) is 10.3 Å². The molecule has 1 unspecified atom stereocenters. The Kier molecular flexibility index (Phi) is 9.73. The zero-order chi connectivity index (χ0) is 24.3. The zero-order valence-electron chi connectivity index (χ0n) is 19.5. The molecule has 0 saturated carbocycles. The number of amides is 1. The van der Waals surface area contributed by atoms with Crippen molar-refractivity contribution in [3.63, 3.8) is 0 Å². The van der Waals surface area contributed by atoms with Crippen molar-refractivity contribution in [2.75, 3.05) is 19.5 Å². The molecule has 8 heteroatoms. The molecule has 1 atom stereocenters. The van der Waals surface area contributed by atoms with Crippen LogP contribution in [-0.4, -0.2) is 30.4 Å². The molecule has 1 saturated heterocycles. The Morgan fingerprint density at radius 2 is 1.88 bits per heavy atom. The number of methoxy groups -OCH3 is 1. The summed E-state index contributed by atoms with van der Waals surface area (Å²) in [5.74, 6) is 0.784. The molecule has 0 aliphatic carbocycles. The fourth-order valence-electron chi connectivity index (χ4n) is 3.22. The number of nitrogens with zero attached hydrogens (tertiary/aromatic N) is 1. The van der Waals surface area contributed by atoms with Gasteiger partial charge in [-0.05, 0) is 23.3 Å². The van der Waals surface area contributed by atoms with Crippen LogP contribution in [0, 0.1) is 5.82 Å². The quantitative estimate of drug-likeness (QED) is 0.454. The monoisotopic (exact) mass is 484 g/mol. The Morgan fingerprint density at radius 1 is 1.15 bits per heavy atom. The highest BCUT2D eigenvalue weighted by Gasteiger charge is 2.27. The van der Waals surface area contributed by atoms with Crippen LogP contribution in [-0.2, 0) is 17.9 Å². The van der Waals surface area contributed by atoms with Crippen LogP contribution in [0.15, 0.2) is 60.7 Å². The normalized spacial score (nSPS) is 14.6. The third-order valence-corrected chi connectivity index (χ3v) is 5.93. The number of ether oxygens (including phenoxy) is 3. The van der Waals surface area contributed by atoms with E-state index in [0.29, 0.717) is 18.1 Å². The van der Waals surface area contributed by atoms with E-state index >= 15 is 0 Å². The number of hydrogen-bond acceptors (Lipinski definition) is 6. The lowest BCUT2D eigenvalue weighted by Crippen LogP contribution is -2.25. The molecule has 34 heavy (non-hydrogen) atoms. The summed E-state index contributed by atoms with van der Waals surface area (Å²) < 4.78 is 30.4. The van der Waals surface area contributed by atoms with Crippen molar-refractivity contribution in [2.24, 2.45) is 0 Å². The number of carbonyl (C=O) groups is 1. The molecule has 0 radical (unpaired) electrons. The molecule has 1 amide bonds. The molecule has 1 fully saturated rings. The molecule has 6 nitrogen and oxygen atoms in total. The topological polar surface area (TPSA) is 69.7 Å². The number of nitrogens with one attached hydrogen (secondary N) is 1. The summed E-state index contributed by atoms with van der Waals surface area (Å²) in [6, 6.07) is 17.3. The van der Waals surface area contributed by atoms with Gasteiger partial charge in [-0.15, -0.1) is 11.8 Å². The van der Waals surface area contributed by atoms with Crippen LogP contribution in [0.25, 0.3) is 0 Å². The van der Waals surface area contributed by atoms with Crippen LogP contribution in [0.3, 0.4) is 0 Å². The van der Waals surface area contributed by atoms with Crippen LogP contribution in [0.5, 0.6) is 11.5 Å². The lowest BCUT2D eigenvalue weighted by atomic mass is 10.2. The van der Waals surface area contributed by atoms with Crippen LogP contribution < -0.4 is 14.8 Å². The van der Waals surface area contributed by atoms with Gasteiger partial charge in [0.2, 0.25) is 0 Å². The van der Waals surface area contributed by atoms with Crippen molar-refractivity contribution in [3.05, 3.63) is 89.0 Å². The van der Waals surface area contributed by atoms with Gasteiger partial charge < -0.3 is 19.5 Å². The molecule has 4 rings (SSSR count). The van der Waals surface area contributed by atoms with Gasteiger partial charge in [0.05, 0.1) is 19.4 Å². The summed E-state index contributed by atoms with van der Waals surface area (Å²) in [6.45, 7) is 5.10. The molecular formula is C26H29FN2O4S. The Balaban J connectivity index is 0.00000158. The highest BCUT2D eigenvalue weighted by atomic mass is 32.2. The number of pyridine rings is 1. The average Bonchev–Trinajstić information content (AvgIpc) is 3.43. The largest absolute Gasteiger partial charge is 0.493 e. The number of rotatable bonds is 8. The highest BCUT2D eigenvalue weighted by molar-refractivity contribution is 7.99. The van der Waals surface area contributed by atoms with E-state index in [1.807, 2.05) is 44.2 Å². The fraction of sp³-hybridized carbons (Fsp3) is 0.308. The second-order valence-corrected chi connectivity index (χ2v) is 8.25. The molecule has 1 aliphatic heterocycles. The predicted octanol–water partition coefficient (Wildman–Crippen LogP) is 5.53. The SMILES string of the molecule is CC.COc1cc(C2OCCS2)nc(C(=O)NCc2ccc(F)cc2)c1OCc1ccccc1. The summed E-state index contributed by atoms with van der Waals surface area (Å²) in [7, 11) is 1.53. The molecule has 180 valence electrons. The molecule has 3 aromatic rings. The lowest BCUT2D eigenvalue weighted by molar-refractivity contribution is 0.0937. The van der Waals surface area contributed by atoms with E-state index in [4.69, 9.17) is 14.2 Å². The highest BCUT2D eigenvalue weighted by Crippen LogP contribution is 2.39. The maximum Gasteiger partial charge on any atom is 0.274 e. The number of hydrogen-bond donors (Lipinski definition) is 1. The number of aromatic nitrogens is 1. The van der Waals surface area contributed by atoms with Crippen LogP contribution in [0.4, 0.5) is 4.39 Å². The number of halogens is 1.